The highest BCUT2D eigenvalue weighted by Gasteiger charge is 2.48. The van der Waals surface area contributed by atoms with Gasteiger partial charge in [0.2, 0.25) is 0 Å². The van der Waals surface area contributed by atoms with Gasteiger partial charge in [-0.3, -0.25) is 4.90 Å². The van der Waals surface area contributed by atoms with E-state index < -0.39 is 41.1 Å². The van der Waals surface area contributed by atoms with Crippen LogP contribution in [0.4, 0.5) is 30.7 Å². The minimum absolute atomic E-state index is 0. The van der Waals surface area contributed by atoms with Crippen LogP contribution in [-0.4, -0.2) is 37.3 Å². The summed E-state index contributed by atoms with van der Waals surface area (Å²) < 4.78 is 93.1. The molecule has 2 nitrogen and oxygen atoms in total. The van der Waals surface area contributed by atoms with Crippen LogP contribution in [0.2, 0.25) is 0 Å². The van der Waals surface area contributed by atoms with Crippen molar-refractivity contribution in [2.45, 2.75) is 12.2 Å². The number of hydrogen-bond acceptors (Lipinski definition) is 2. The minimum atomic E-state index is -5.07. The van der Waals surface area contributed by atoms with Gasteiger partial charge in [0.1, 0.15) is 6.04 Å². The predicted molar refractivity (Wildman–Crippen MR) is 74.0 cm³/mol. The second-order valence-electron chi connectivity index (χ2n) is 4.61. The molecule has 0 radical (unpaired) electrons. The third-order valence-corrected chi connectivity index (χ3v) is 3.25. The van der Waals surface area contributed by atoms with E-state index in [0.29, 0.717) is 0 Å². The van der Waals surface area contributed by atoms with Crippen molar-refractivity contribution < 1.29 is 30.7 Å². The van der Waals surface area contributed by atoms with Gasteiger partial charge >= 0.3 is 6.18 Å². The van der Waals surface area contributed by atoms with Gasteiger partial charge in [-0.2, -0.15) is 13.2 Å². The Hall–Kier alpha value is -0.770. The van der Waals surface area contributed by atoms with Crippen LogP contribution < -0.4 is 5.32 Å². The molecular formula is C12H13Cl2F7N2. The average Bonchev–Trinajstić information content (AvgIpc) is 2.41. The van der Waals surface area contributed by atoms with Gasteiger partial charge in [0.25, 0.3) is 0 Å². The third-order valence-electron chi connectivity index (χ3n) is 3.25. The highest BCUT2D eigenvalue weighted by molar-refractivity contribution is 5.85. The molecule has 1 aromatic rings. The fraction of sp³-hybridized carbons (Fsp3) is 0.500. The zero-order chi connectivity index (χ0) is 15.8. The van der Waals surface area contributed by atoms with E-state index in [1.54, 1.807) is 0 Å². The number of rotatable bonds is 2. The summed E-state index contributed by atoms with van der Waals surface area (Å²) in [7, 11) is 0. The summed E-state index contributed by atoms with van der Waals surface area (Å²) in [5, 5.41) is 2.78. The summed E-state index contributed by atoms with van der Waals surface area (Å²) in [6, 6.07) is -2.84. The van der Waals surface area contributed by atoms with E-state index >= 15 is 0 Å². The highest BCUT2D eigenvalue weighted by atomic mass is 35.5. The molecular weight excluding hydrogens is 376 g/mol. The van der Waals surface area contributed by atoms with Gasteiger partial charge in [0.05, 0.1) is 5.56 Å². The third kappa shape index (κ3) is 4.62. The summed E-state index contributed by atoms with van der Waals surface area (Å²) >= 11 is 0. The van der Waals surface area contributed by atoms with E-state index in [4.69, 9.17) is 0 Å². The highest BCUT2D eigenvalue weighted by Crippen LogP contribution is 2.41. The summed E-state index contributed by atoms with van der Waals surface area (Å²) in [6.07, 6.45) is -5.07. The number of alkyl halides is 3. The van der Waals surface area contributed by atoms with Crippen LogP contribution >= 0.6 is 24.8 Å². The zero-order valence-electron chi connectivity index (χ0n) is 11.4. The predicted octanol–water partition coefficient (Wildman–Crippen LogP) is 3.60. The van der Waals surface area contributed by atoms with Crippen LogP contribution in [0.1, 0.15) is 11.6 Å². The lowest BCUT2D eigenvalue weighted by Gasteiger charge is -2.36. The molecule has 0 saturated carbocycles. The molecule has 0 bridgehead atoms. The summed E-state index contributed by atoms with van der Waals surface area (Å²) in [6.45, 7) is 0.0452. The largest absolute Gasteiger partial charge is 0.408 e. The van der Waals surface area contributed by atoms with Crippen LogP contribution in [0.5, 0.6) is 0 Å². The molecule has 1 heterocycles. The SMILES string of the molecule is Cl.Cl.Fc1cc(F)c(F)c([C@H](N2CCNCC2)C(F)(F)F)c1F. The van der Waals surface area contributed by atoms with E-state index in [1.807, 2.05) is 0 Å². The molecule has 1 saturated heterocycles. The summed E-state index contributed by atoms with van der Waals surface area (Å²) in [5.74, 6) is -7.74. The van der Waals surface area contributed by atoms with Crippen molar-refractivity contribution in [1.82, 2.24) is 10.2 Å². The molecule has 1 fully saturated rings. The van der Waals surface area contributed by atoms with E-state index in [0.717, 1.165) is 4.90 Å². The molecule has 1 aliphatic rings. The van der Waals surface area contributed by atoms with Gasteiger partial charge in [-0.25, -0.2) is 17.6 Å². The monoisotopic (exact) mass is 388 g/mol. The van der Waals surface area contributed by atoms with Crippen molar-refractivity contribution in [3.05, 3.63) is 34.9 Å². The van der Waals surface area contributed by atoms with Crippen LogP contribution in [-0.2, 0) is 0 Å². The van der Waals surface area contributed by atoms with Gasteiger partial charge in [-0.15, -0.1) is 24.8 Å². The maximum atomic E-state index is 13.7. The van der Waals surface area contributed by atoms with Crippen LogP contribution in [0.25, 0.3) is 0 Å². The van der Waals surface area contributed by atoms with Gasteiger partial charge in [0.15, 0.2) is 23.3 Å². The van der Waals surface area contributed by atoms with Crippen LogP contribution in [0.15, 0.2) is 6.07 Å². The number of benzene rings is 1. The normalized spacial score (nSPS) is 17.2. The number of nitrogens with one attached hydrogen (secondary N) is 1. The Labute approximate surface area is 139 Å². The fourth-order valence-corrected chi connectivity index (χ4v) is 2.33. The molecule has 0 amide bonds. The fourth-order valence-electron chi connectivity index (χ4n) is 2.33. The number of nitrogens with zero attached hydrogens (tertiary/aromatic N) is 1. The first-order chi connectivity index (χ1) is 9.73. The second-order valence-corrected chi connectivity index (χ2v) is 4.61. The standard InChI is InChI=1S/C12H11F7N2.2ClH/c13-6-5-7(14)10(16)8(9(6)15)11(12(17,18)19)21-3-1-20-2-4-21;;/h5,11,20H,1-4H2;2*1H/t11-;;/m0../s1. The quantitative estimate of drug-likeness (QED) is 0.615. The topological polar surface area (TPSA) is 15.3 Å². The lowest BCUT2D eigenvalue weighted by atomic mass is 10.0. The smallest absolute Gasteiger partial charge is 0.314 e. The van der Waals surface area contributed by atoms with Gasteiger partial charge in [-0.1, -0.05) is 0 Å². The van der Waals surface area contributed by atoms with Gasteiger partial charge < -0.3 is 5.32 Å². The Balaban J connectivity index is 0.00000242. The Kier molecular flexibility index (Phi) is 8.08. The van der Waals surface area contributed by atoms with Crippen molar-refractivity contribution in [2.24, 2.45) is 0 Å². The second kappa shape index (κ2) is 8.36. The molecule has 1 aliphatic heterocycles. The average molecular weight is 389 g/mol. The lowest BCUT2D eigenvalue weighted by molar-refractivity contribution is -0.189. The molecule has 1 atom stereocenters. The maximum Gasteiger partial charge on any atom is 0.408 e. The first kappa shape index (κ1) is 22.2. The zero-order valence-corrected chi connectivity index (χ0v) is 13.0. The molecule has 134 valence electrons. The van der Waals surface area contributed by atoms with Crippen molar-refractivity contribution in [1.29, 1.82) is 0 Å². The number of halogens is 9. The van der Waals surface area contributed by atoms with Gasteiger partial charge in [0, 0.05) is 32.2 Å². The Morgan fingerprint density at radius 2 is 1.35 bits per heavy atom. The molecule has 1 aromatic carbocycles. The Morgan fingerprint density at radius 3 is 1.74 bits per heavy atom. The summed E-state index contributed by atoms with van der Waals surface area (Å²) in [4.78, 5) is 0.747. The molecule has 0 spiro atoms. The number of hydrogen-bond donors (Lipinski definition) is 1. The molecule has 2 rings (SSSR count). The van der Waals surface area contributed by atoms with Crippen molar-refractivity contribution >= 4 is 24.8 Å². The molecule has 0 aliphatic carbocycles. The minimum Gasteiger partial charge on any atom is -0.314 e. The molecule has 1 N–H and O–H groups in total. The van der Waals surface area contributed by atoms with Crippen molar-refractivity contribution in [3.8, 4) is 0 Å². The maximum absolute atomic E-state index is 13.7. The lowest BCUT2D eigenvalue weighted by Crippen LogP contribution is -2.49. The number of piperazine rings is 1. The Morgan fingerprint density at radius 1 is 0.913 bits per heavy atom. The molecule has 0 aromatic heterocycles. The van der Waals surface area contributed by atoms with E-state index in [9.17, 15) is 30.7 Å². The van der Waals surface area contributed by atoms with Crippen LogP contribution in [0.3, 0.4) is 0 Å². The summed E-state index contributed by atoms with van der Waals surface area (Å²) in [5.41, 5.74) is -1.64. The first-order valence-corrected chi connectivity index (χ1v) is 6.08. The van der Waals surface area contributed by atoms with Gasteiger partial charge in [-0.05, 0) is 0 Å². The van der Waals surface area contributed by atoms with E-state index in [-0.39, 0.29) is 57.1 Å². The Bertz CT molecular complexity index is 507. The molecule has 11 heteroatoms. The van der Waals surface area contributed by atoms with Crippen molar-refractivity contribution in [2.75, 3.05) is 26.2 Å². The van der Waals surface area contributed by atoms with E-state index in [1.165, 1.54) is 0 Å². The first-order valence-electron chi connectivity index (χ1n) is 6.08. The molecule has 0 unspecified atom stereocenters. The van der Waals surface area contributed by atoms with Crippen molar-refractivity contribution in [3.63, 3.8) is 0 Å². The molecule has 23 heavy (non-hydrogen) atoms. The van der Waals surface area contributed by atoms with Crippen LogP contribution in [0, 0.1) is 23.3 Å². The van der Waals surface area contributed by atoms with E-state index in [2.05, 4.69) is 5.32 Å².